The molecule has 2 saturated heterocycles. The summed E-state index contributed by atoms with van der Waals surface area (Å²) in [4.78, 5) is 14.3. The number of amides is 1. The molecule has 2 aliphatic rings. The second-order valence-electron chi connectivity index (χ2n) is 11.3. The van der Waals surface area contributed by atoms with Crippen molar-refractivity contribution in [2.24, 2.45) is 10.3 Å². The molecular weight excluding hydrogens is 465 g/mol. The lowest BCUT2D eigenvalue weighted by Gasteiger charge is -2.41. The van der Waals surface area contributed by atoms with E-state index in [0.717, 1.165) is 6.07 Å². The van der Waals surface area contributed by atoms with Gasteiger partial charge in [-0.2, -0.15) is 4.40 Å². The number of halogens is 3. The molecule has 1 aromatic carbocycles. The maximum atomic E-state index is 15.7. The number of nitrogens with zero attached hydrogens (tertiary/aromatic N) is 2. The van der Waals surface area contributed by atoms with E-state index >= 15 is 13.2 Å². The van der Waals surface area contributed by atoms with E-state index in [9.17, 15) is 9.00 Å². The van der Waals surface area contributed by atoms with Gasteiger partial charge >= 0.3 is 6.09 Å². The van der Waals surface area contributed by atoms with E-state index in [1.54, 1.807) is 46.4 Å². The molecule has 2 fully saturated rings. The van der Waals surface area contributed by atoms with Crippen molar-refractivity contribution in [1.29, 1.82) is 0 Å². The number of hydrogen-bond donors (Lipinski definition) is 0. The molecule has 1 aromatic rings. The van der Waals surface area contributed by atoms with Crippen LogP contribution in [0.5, 0.6) is 0 Å². The minimum atomic E-state index is -3.43. The zero-order valence-corrected chi connectivity index (χ0v) is 21.8. The van der Waals surface area contributed by atoms with Gasteiger partial charge in [0.05, 0.1) is 16.0 Å². The summed E-state index contributed by atoms with van der Waals surface area (Å²) >= 11 is 0. The number of hydrogen-bond acceptors (Lipinski definition) is 3. The molecule has 3 rings (SSSR count). The average molecular weight is 501 g/mol. The van der Waals surface area contributed by atoms with Gasteiger partial charge in [0.1, 0.15) is 22.4 Å². The van der Waals surface area contributed by atoms with Crippen molar-refractivity contribution in [2.45, 2.75) is 103 Å². The summed E-state index contributed by atoms with van der Waals surface area (Å²) in [6.45, 7) is 12.0. The highest BCUT2D eigenvalue weighted by atomic mass is 32.2. The lowest BCUT2D eigenvalue weighted by molar-refractivity contribution is -0.100. The smallest absolute Gasteiger partial charge is 0.410 e. The molecule has 0 aromatic heterocycles. The molecule has 0 aliphatic carbocycles. The van der Waals surface area contributed by atoms with Gasteiger partial charge in [-0.15, -0.1) is 0 Å². The Kier molecular flexibility index (Phi) is 7.29. The first-order valence-electron chi connectivity index (χ1n) is 11.7. The molecule has 3 unspecified atom stereocenters. The van der Waals surface area contributed by atoms with Gasteiger partial charge in [0, 0.05) is 23.6 Å². The number of alkyl halides is 2. The first-order valence-corrected chi connectivity index (χ1v) is 12.8. The van der Waals surface area contributed by atoms with Crippen LogP contribution in [0.15, 0.2) is 22.6 Å². The standard InChI is InChI=1S/C25H35F3N2O3S/c1-15(29-34(32)24(5,6)7)19-9-8-10-20(21(19)26)25(27,28)16-13-17-11-12-18(14-16)30(17)22(31)33-23(2,3)4/h8-10,16-18H,11-14H2,1-7H3/b29-15+. The number of piperidine rings is 1. The predicted molar refractivity (Wildman–Crippen MR) is 128 cm³/mol. The molecule has 2 aliphatic heterocycles. The van der Waals surface area contributed by atoms with E-state index in [-0.39, 0.29) is 36.2 Å². The zero-order valence-electron chi connectivity index (χ0n) is 21.0. The average Bonchev–Trinajstić information content (AvgIpc) is 2.95. The van der Waals surface area contributed by atoms with Crippen molar-refractivity contribution in [3.8, 4) is 0 Å². The van der Waals surface area contributed by atoms with Crippen LogP contribution in [0.2, 0.25) is 0 Å². The van der Waals surface area contributed by atoms with Crippen LogP contribution >= 0.6 is 0 Å². The summed E-state index contributed by atoms with van der Waals surface area (Å²) in [5.74, 6) is -5.57. The summed E-state index contributed by atoms with van der Waals surface area (Å²) in [5.41, 5.74) is -1.32. The van der Waals surface area contributed by atoms with Gasteiger partial charge in [0.25, 0.3) is 5.92 Å². The van der Waals surface area contributed by atoms with E-state index in [2.05, 4.69) is 4.40 Å². The van der Waals surface area contributed by atoms with Crippen molar-refractivity contribution in [1.82, 2.24) is 4.90 Å². The van der Waals surface area contributed by atoms with Crippen LogP contribution in [0.3, 0.4) is 0 Å². The molecule has 2 heterocycles. The molecule has 0 spiro atoms. The summed E-state index contributed by atoms with van der Waals surface area (Å²) < 4.78 is 68.0. The highest BCUT2D eigenvalue weighted by molar-refractivity contribution is 7.85. The highest BCUT2D eigenvalue weighted by Crippen LogP contribution is 2.49. The quantitative estimate of drug-likeness (QED) is 0.452. The summed E-state index contributed by atoms with van der Waals surface area (Å²) in [6, 6.07) is 3.16. The first-order chi connectivity index (χ1) is 15.5. The van der Waals surface area contributed by atoms with E-state index in [1.165, 1.54) is 19.1 Å². The van der Waals surface area contributed by atoms with Gasteiger partial charge in [-0.3, -0.25) is 0 Å². The summed E-state index contributed by atoms with van der Waals surface area (Å²) in [7, 11) is -1.64. The van der Waals surface area contributed by atoms with E-state index < -0.39 is 50.6 Å². The molecule has 9 heteroatoms. The Morgan fingerprint density at radius 1 is 1.09 bits per heavy atom. The fourth-order valence-corrected chi connectivity index (χ4v) is 5.31. The normalized spacial score (nSPS) is 24.8. The first kappa shape index (κ1) is 26.7. The van der Waals surface area contributed by atoms with E-state index in [1.807, 2.05) is 0 Å². The van der Waals surface area contributed by atoms with Gasteiger partial charge in [0.15, 0.2) is 0 Å². The molecule has 0 saturated carbocycles. The Morgan fingerprint density at radius 3 is 2.15 bits per heavy atom. The third-order valence-electron chi connectivity index (χ3n) is 6.34. The molecule has 3 atom stereocenters. The lowest BCUT2D eigenvalue weighted by Crippen LogP contribution is -2.50. The van der Waals surface area contributed by atoms with Gasteiger partial charge in [-0.05, 0) is 74.1 Å². The molecule has 34 heavy (non-hydrogen) atoms. The number of carbonyl (C=O) groups excluding carboxylic acids is 1. The van der Waals surface area contributed by atoms with Crippen LogP contribution < -0.4 is 0 Å². The van der Waals surface area contributed by atoms with E-state index in [0.29, 0.717) is 12.8 Å². The van der Waals surface area contributed by atoms with Crippen molar-refractivity contribution < 1.29 is 26.9 Å². The Balaban J connectivity index is 1.85. The molecule has 0 radical (unpaired) electrons. The van der Waals surface area contributed by atoms with Gasteiger partial charge in [0.2, 0.25) is 0 Å². The van der Waals surface area contributed by atoms with E-state index in [4.69, 9.17) is 4.74 Å². The molecule has 1 amide bonds. The van der Waals surface area contributed by atoms with Crippen LogP contribution in [-0.4, -0.2) is 43.3 Å². The number of carbonyl (C=O) groups is 1. The molecule has 0 N–H and O–H groups in total. The number of rotatable bonds is 4. The Morgan fingerprint density at radius 2 is 1.65 bits per heavy atom. The minimum absolute atomic E-state index is 0.0769. The number of benzene rings is 1. The Hall–Kier alpha value is -1.90. The fourth-order valence-electron chi connectivity index (χ4n) is 4.69. The van der Waals surface area contributed by atoms with Crippen LogP contribution in [-0.2, 0) is 21.6 Å². The Bertz CT molecular complexity index is 984. The van der Waals surface area contributed by atoms with Crippen LogP contribution in [0.25, 0.3) is 0 Å². The Labute approximate surface area is 202 Å². The van der Waals surface area contributed by atoms with Crippen LogP contribution in [0.4, 0.5) is 18.0 Å². The SMILES string of the molecule is C/C(=N\S(=O)C(C)(C)C)c1cccc(C(F)(F)C2CC3CCC(C2)N3C(=O)OC(C)(C)C)c1F. The molecule has 2 bridgehead atoms. The predicted octanol–water partition coefficient (Wildman–Crippen LogP) is 6.37. The largest absolute Gasteiger partial charge is 0.444 e. The minimum Gasteiger partial charge on any atom is -0.444 e. The zero-order chi connectivity index (χ0) is 25.6. The molecular formula is C25H35F3N2O3S. The van der Waals surface area contributed by atoms with Crippen molar-refractivity contribution in [3.05, 3.63) is 35.1 Å². The maximum Gasteiger partial charge on any atom is 0.410 e. The third-order valence-corrected chi connectivity index (χ3v) is 7.83. The summed E-state index contributed by atoms with van der Waals surface area (Å²) in [5, 5.41) is 0. The third kappa shape index (κ3) is 5.50. The summed E-state index contributed by atoms with van der Waals surface area (Å²) in [6.07, 6.45) is 0.932. The fraction of sp³-hybridized carbons (Fsp3) is 0.680. The highest BCUT2D eigenvalue weighted by Gasteiger charge is 2.53. The van der Waals surface area contributed by atoms with Crippen molar-refractivity contribution in [3.63, 3.8) is 0 Å². The van der Waals surface area contributed by atoms with Gasteiger partial charge in [-0.1, -0.05) is 18.2 Å². The maximum absolute atomic E-state index is 15.7. The molecule has 190 valence electrons. The van der Waals surface area contributed by atoms with Gasteiger partial charge in [-0.25, -0.2) is 22.2 Å². The number of ether oxygens (including phenoxy) is 1. The second-order valence-corrected chi connectivity index (χ2v) is 13.2. The second kappa shape index (κ2) is 9.28. The van der Waals surface area contributed by atoms with Crippen LogP contribution in [0, 0.1) is 11.7 Å². The number of fused-ring (bicyclic) bond motifs is 2. The van der Waals surface area contributed by atoms with Gasteiger partial charge < -0.3 is 9.64 Å². The topological polar surface area (TPSA) is 59.0 Å². The molecule has 5 nitrogen and oxygen atoms in total. The lowest BCUT2D eigenvalue weighted by atomic mass is 9.82. The monoisotopic (exact) mass is 500 g/mol. The van der Waals surface area contributed by atoms with Crippen molar-refractivity contribution in [2.75, 3.05) is 0 Å². The van der Waals surface area contributed by atoms with Crippen molar-refractivity contribution >= 4 is 22.8 Å². The van der Waals surface area contributed by atoms with Crippen LogP contribution in [0.1, 0.15) is 85.3 Å².